The lowest BCUT2D eigenvalue weighted by Gasteiger charge is -2.29. The zero-order valence-corrected chi connectivity index (χ0v) is 46.6. The van der Waals surface area contributed by atoms with Gasteiger partial charge in [-0.1, -0.05) is 141 Å². The molecular weight excluding hydrogens is 939 g/mol. The fraction of sp³-hybridized carbons (Fsp3) is 0.818. The van der Waals surface area contributed by atoms with E-state index in [0.29, 0.717) is 6.42 Å². The molecule has 0 saturated carbocycles. The van der Waals surface area contributed by atoms with Crippen molar-refractivity contribution in [2.75, 3.05) is 0 Å². The Hall–Kier alpha value is -4.90. The molecule has 0 aliphatic carbocycles. The maximum absolute atomic E-state index is 14.1. The molecule has 5 amide bonds. The SMILES string of the molecule is CC(C)CCCCCCCCCCCC(=O)N[C@@H](CCC(=O)O)C(=O)N[C@@H](CC(C)C)C(=O)N[C@H](CC(C)C)C(=O)N[C@H](C(=O)C[C@@H](CC(=O)O)C(=O)C[C@H](CC(C)C)C(=O)NC(CC(C)C)C(=O)O)C(C)C. The summed E-state index contributed by atoms with van der Waals surface area (Å²) in [5, 5.41) is 42.3. The van der Waals surface area contributed by atoms with Crippen molar-refractivity contribution in [3.05, 3.63) is 0 Å². The monoisotopic (exact) mass is 1040 g/mol. The molecule has 0 radical (unpaired) electrons. The van der Waals surface area contributed by atoms with Crippen LogP contribution in [-0.2, 0) is 47.9 Å². The van der Waals surface area contributed by atoms with Gasteiger partial charge in [-0.3, -0.25) is 43.2 Å². The zero-order chi connectivity index (χ0) is 56.0. The number of rotatable bonds is 42. The van der Waals surface area contributed by atoms with E-state index in [1.807, 2.05) is 41.5 Å². The standard InChI is InChI=1S/C55H97N5O13/c1-33(2)22-20-18-16-14-13-15-17-19-21-23-47(63)56-41(24-25-48(64)65)52(69)57-42(27-35(5)6)53(70)58-43(28-36(7)8)54(71)60-50(38(11)12)46(62)30-39(32-49(66)67)45(61)31-40(26-34(3)4)51(68)59-44(55(72)73)29-37(9)10/h33-44,50H,13-32H2,1-12H3,(H,56,63)(H,57,69)(H,58,70)(H,59,68)(H,60,71)(H,64,65)(H,66,67)(H,72,73)/t39-,40-,41-,42-,43+,44?,50-/m0/s1. The van der Waals surface area contributed by atoms with Gasteiger partial charge in [0.2, 0.25) is 29.5 Å². The molecule has 0 aliphatic rings. The van der Waals surface area contributed by atoms with Gasteiger partial charge in [0.1, 0.15) is 30.0 Å². The van der Waals surface area contributed by atoms with Crippen LogP contribution in [0.15, 0.2) is 0 Å². The van der Waals surface area contributed by atoms with E-state index in [9.17, 15) is 63.3 Å². The first-order chi connectivity index (χ1) is 34.0. The minimum Gasteiger partial charge on any atom is -0.481 e. The van der Waals surface area contributed by atoms with Crippen LogP contribution in [0.4, 0.5) is 0 Å². The number of carboxylic acids is 3. The van der Waals surface area contributed by atoms with Crippen molar-refractivity contribution in [1.82, 2.24) is 26.6 Å². The number of carbonyl (C=O) groups excluding carboxylic acids is 7. The van der Waals surface area contributed by atoms with Crippen molar-refractivity contribution < 1.29 is 63.3 Å². The van der Waals surface area contributed by atoms with E-state index in [0.717, 1.165) is 31.6 Å². The third kappa shape index (κ3) is 32.1. The third-order valence-electron chi connectivity index (χ3n) is 12.7. The number of ketones is 2. The molecule has 0 saturated heterocycles. The summed E-state index contributed by atoms with van der Waals surface area (Å²) in [5.41, 5.74) is 0. The molecule has 0 aliphatic heterocycles. The summed E-state index contributed by atoms with van der Waals surface area (Å²) in [6.07, 6.45) is 9.11. The molecule has 1 unspecified atom stereocenters. The molecule has 420 valence electrons. The second kappa shape index (κ2) is 36.9. The summed E-state index contributed by atoms with van der Waals surface area (Å²) in [6.45, 7) is 22.3. The first-order valence-corrected chi connectivity index (χ1v) is 27.3. The smallest absolute Gasteiger partial charge is 0.326 e. The number of hydrogen-bond donors (Lipinski definition) is 8. The molecule has 0 aromatic carbocycles. The Kier molecular flexibility index (Phi) is 34.5. The van der Waals surface area contributed by atoms with Crippen molar-refractivity contribution in [1.29, 1.82) is 0 Å². The highest BCUT2D eigenvalue weighted by atomic mass is 16.4. The summed E-state index contributed by atoms with van der Waals surface area (Å²) in [7, 11) is 0. The minimum atomic E-state index is -1.37. The number of carboxylic acid groups (broad SMARTS) is 3. The molecule has 0 aromatic heterocycles. The number of carbonyl (C=O) groups is 10. The normalized spacial score (nSPS) is 14.5. The van der Waals surface area contributed by atoms with E-state index in [1.54, 1.807) is 27.7 Å². The molecule has 0 fully saturated rings. The molecule has 0 bridgehead atoms. The molecular formula is C55H97N5O13. The van der Waals surface area contributed by atoms with Crippen LogP contribution in [0.5, 0.6) is 0 Å². The number of aliphatic carboxylic acids is 3. The van der Waals surface area contributed by atoms with Gasteiger partial charge < -0.3 is 41.9 Å². The fourth-order valence-corrected chi connectivity index (χ4v) is 8.83. The lowest BCUT2D eigenvalue weighted by Crippen LogP contribution is -2.58. The number of Topliss-reactive ketones (excluding diaryl/α,β-unsaturated/α-hetero) is 2. The predicted octanol–water partition coefficient (Wildman–Crippen LogP) is 7.77. The molecule has 18 nitrogen and oxygen atoms in total. The number of hydrogen-bond acceptors (Lipinski definition) is 10. The summed E-state index contributed by atoms with van der Waals surface area (Å²) < 4.78 is 0. The summed E-state index contributed by atoms with van der Waals surface area (Å²) in [4.78, 5) is 132. The Morgan fingerprint density at radius 1 is 0.356 bits per heavy atom. The van der Waals surface area contributed by atoms with E-state index < -0.39 is 133 Å². The van der Waals surface area contributed by atoms with Gasteiger partial charge in [-0.2, -0.15) is 0 Å². The maximum Gasteiger partial charge on any atom is 0.326 e. The lowest BCUT2D eigenvalue weighted by molar-refractivity contribution is -0.144. The van der Waals surface area contributed by atoms with Crippen LogP contribution in [0.1, 0.15) is 212 Å². The van der Waals surface area contributed by atoms with Gasteiger partial charge in [-0.15, -0.1) is 0 Å². The van der Waals surface area contributed by atoms with Gasteiger partial charge in [0.05, 0.1) is 12.5 Å². The number of nitrogens with one attached hydrogen (secondary N) is 5. The van der Waals surface area contributed by atoms with Crippen LogP contribution in [-0.4, -0.2) is 105 Å². The largest absolute Gasteiger partial charge is 0.481 e. The van der Waals surface area contributed by atoms with Gasteiger partial charge in [0.25, 0.3) is 0 Å². The molecule has 0 rings (SSSR count). The lowest BCUT2D eigenvalue weighted by atomic mass is 9.83. The minimum absolute atomic E-state index is 0.0608. The molecule has 8 N–H and O–H groups in total. The molecule has 0 spiro atoms. The van der Waals surface area contributed by atoms with Gasteiger partial charge in [-0.25, -0.2) is 4.79 Å². The summed E-state index contributed by atoms with van der Waals surface area (Å²) >= 11 is 0. The van der Waals surface area contributed by atoms with E-state index in [2.05, 4.69) is 40.4 Å². The van der Waals surface area contributed by atoms with Crippen molar-refractivity contribution in [3.63, 3.8) is 0 Å². The second-order valence-corrected chi connectivity index (χ2v) is 22.8. The molecule has 18 heteroatoms. The predicted molar refractivity (Wildman–Crippen MR) is 281 cm³/mol. The molecule has 73 heavy (non-hydrogen) atoms. The fourth-order valence-electron chi connectivity index (χ4n) is 8.83. The highest BCUT2D eigenvalue weighted by Gasteiger charge is 2.37. The van der Waals surface area contributed by atoms with Crippen LogP contribution in [0, 0.1) is 47.3 Å². The average molecular weight is 1040 g/mol. The molecule has 0 aromatic rings. The van der Waals surface area contributed by atoms with E-state index in [-0.39, 0.29) is 62.2 Å². The Labute approximate surface area is 436 Å². The van der Waals surface area contributed by atoms with E-state index in [1.165, 1.54) is 32.1 Å². The number of unbranched alkanes of at least 4 members (excludes halogenated alkanes) is 8. The summed E-state index contributed by atoms with van der Waals surface area (Å²) in [5.74, 6) is -11.0. The molecule has 7 atom stereocenters. The van der Waals surface area contributed by atoms with E-state index in [4.69, 9.17) is 0 Å². The Balaban J connectivity index is 6.15. The highest BCUT2D eigenvalue weighted by Crippen LogP contribution is 2.24. The van der Waals surface area contributed by atoms with Crippen LogP contribution in [0.3, 0.4) is 0 Å². The summed E-state index contributed by atoms with van der Waals surface area (Å²) in [6, 6.07) is -6.10. The third-order valence-corrected chi connectivity index (χ3v) is 12.7. The van der Waals surface area contributed by atoms with Crippen molar-refractivity contribution >= 4 is 59.0 Å². The van der Waals surface area contributed by atoms with Gasteiger partial charge >= 0.3 is 17.9 Å². The van der Waals surface area contributed by atoms with Crippen LogP contribution < -0.4 is 26.6 Å². The average Bonchev–Trinajstić information content (AvgIpc) is 3.26. The maximum atomic E-state index is 14.1. The van der Waals surface area contributed by atoms with Crippen LogP contribution in [0.2, 0.25) is 0 Å². The second-order valence-electron chi connectivity index (χ2n) is 22.8. The van der Waals surface area contributed by atoms with Crippen molar-refractivity contribution in [2.45, 2.75) is 242 Å². The quantitative estimate of drug-likeness (QED) is 0.0272. The number of amides is 5. The van der Waals surface area contributed by atoms with E-state index >= 15 is 0 Å². The first kappa shape index (κ1) is 68.1. The van der Waals surface area contributed by atoms with Crippen molar-refractivity contribution in [2.24, 2.45) is 47.3 Å². The van der Waals surface area contributed by atoms with Gasteiger partial charge in [0, 0.05) is 37.5 Å². The van der Waals surface area contributed by atoms with Crippen molar-refractivity contribution in [3.8, 4) is 0 Å². The van der Waals surface area contributed by atoms with Gasteiger partial charge in [0.15, 0.2) is 5.78 Å². The highest BCUT2D eigenvalue weighted by molar-refractivity contribution is 5.98. The Morgan fingerprint density at radius 3 is 1.22 bits per heavy atom. The molecule has 0 heterocycles. The van der Waals surface area contributed by atoms with Crippen LogP contribution in [0.25, 0.3) is 0 Å². The Morgan fingerprint density at radius 2 is 0.781 bits per heavy atom. The topological polar surface area (TPSA) is 292 Å². The first-order valence-electron chi connectivity index (χ1n) is 27.3. The zero-order valence-electron chi connectivity index (χ0n) is 46.6. The van der Waals surface area contributed by atoms with Crippen LogP contribution >= 0.6 is 0 Å². The Bertz CT molecular complexity index is 1750. The van der Waals surface area contributed by atoms with Gasteiger partial charge in [-0.05, 0) is 74.0 Å².